The van der Waals surface area contributed by atoms with Gasteiger partial charge in [0.15, 0.2) is 0 Å². The van der Waals surface area contributed by atoms with Gasteiger partial charge in [0.1, 0.15) is 0 Å². The Morgan fingerprint density at radius 2 is 0.544 bits per heavy atom. The van der Waals surface area contributed by atoms with Crippen LogP contribution in [0.1, 0.15) is 0 Å². The highest BCUT2D eigenvalue weighted by atomic mass is 15.0. The Bertz CT molecular complexity index is 3770. The zero-order valence-electron chi connectivity index (χ0n) is 30.9. The Kier molecular flexibility index (Phi) is 6.16. The van der Waals surface area contributed by atoms with E-state index in [-0.39, 0.29) is 0 Å². The molecule has 0 radical (unpaired) electrons. The van der Waals surface area contributed by atoms with Crippen molar-refractivity contribution in [3.8, 4) is 17.1 Å². The van der Waals surface area contributed by atoms with Crippen LogP contribution in [0.25, 0.3) is 115 Å². The second kappa shape index (κ2) is 11.5. The van der Waals surface area contributed by atoms with Crippen molar-refractivity contribution < 1.29 is 0 Å². The Balaban J connectivity index is 1.17. The van der Waals surface area contributed by atoms with Gasteiger partial charge in [-0.25, -0.2) is 0 Å². The third-order valence-electron chi connectivity index (χ3n) is 12.4. The van der Waals surface area contributed by atoms with Gasteiger partial charge in [-0.05, 0) is 93.0 Å². The molecular weight excluding hydrogens is 691 g/mol. The van der Waals surface area contributed by atoms with E-state index in [1.807, 2.05) is 0 Å². The van der Waals surface area contributed by atoms with Crippen molar-refractivity contribution in [1.29, 1.82) is 0 Å². The molecule has 3 aromatic heterocycles. The van der Waals surface area contributed by atoms with Crippen LogP contribution in [0.15, 0.2) is 200 Å². The fourth-order valence-corrected chi connectivity index (χ4v) is 10.0. The lowest BCUT2D eigenvalue weighted by molar-refractivity contribution is 1.15. The summed E-state index contributed by atoms with van der Waals surface area (Å²) >= 11 is 0. The first-order valence-corrected chi connectivity index (χ1v) is 19.7. The minimum atomic E-state index is 1.14. The third-order valence-corrected chi connectivity index (χ3v) is 12.4. The van der Waals surface area contributed by atoms with Crippen LogP contribution in [0.2, 0.25) is 0 Å². The summed E-state index contributed by atoms with van der Waals surface area (Å²) in [5.41, 5.74) is 10.7. The van der Waals surface area contributed by atoms with Crippen LogP contribution in [-0.4, -0.2) is 13.7 Å². The molecule has 3 nitrogen and oxygen atoms in total. The summed E-state index contributed by atoms with van der Waals surface area (Å²) in [4.78, 5) is 0. The SMILES string of the molecule is c1ccc(-n2c3ccccc3c3cc(-n4c5ccccc5c5ccc6c7ccccc7n(-c7ccc8c9ccccc9c9ccccc9c8c7)c6c54)ccc32)cc1. The number of fused-ring (bicyclic) bond motifs is 16. The molecular formula is C54H33N3. The molecule has 57 heavy (non-hydrogen) atoms. The molecule has 3 heteroatoms. The number of hydrogen-bond acceptors (Lipinski definition) is 0. The zero-order chi connectivity index (χ0) is 37.2. The molecule has 0 aliphatic carbocycles. The smallest absolute Gasteiger partial charge is 0.0788 e. The molecule has 0 fully saturated rings. The van der Waals surface area contributed by atoms with Crippen molar-refractivity contribution in [3.63, 3.8) is 0 Å². The number of nitrogens with zero attached hydrogens (tertiary/aromatic N) is 3. The van der Waals surface area contributed by atoms with E-state index >= 15 is 0 Å². The van der Waals surface area contributed by atoms with Crippen LogP contribution in [0.5, 0.6) is 0 Å². The van der Waals surface area contributed by atoms with Crippen molar-refractivity contribution in [2.24, 2.45) is 0 Å². The summed E-state index contributed by atoms with van der Waals surface area (Å²) in [5, 5.41) is 15.1. The van der Waals surface area contributed by atoms with E-state index in [9.17, 15) is 0 Å². The maximum absolute atomic E-state index is 2.52. The normalized spacial score (nSPS) is 12.2. The summed E-state index contributed by atoms with van der Waals surface area (Å²) in [6, 6.07) is 73.8. The highest BCUT2D eigenvalue weighted by molar-refractivity contribution is 6.27. The van der Waals surface area contributed by atoms with Gasteiger partial charge in [0.05, 0.1) is 33.1 Å². The lowest BCUT2D eigenvalue weighted by Crippen LogP contribution is -1.99. The number of rotatable bonds is 3. The molecule has 10 aromatic carbocycles. The van der Waals surface area contributed by atoms with Gasteiger partial charge in [-0.15, -0.1) is 0 Å². The molecule has 13 aromatic rings. The highest BCUT2D eigenvalue weighted by Crippen LogP contribution is 2.44. The van der Waals surface area contributed by atoms with Crippen LogP contribution >= 0.6 is 0 Å². The fraction of sp³-hybridized carbons (Fsp3) is 0. The van der Waals surface area contributed by atoms with Gasteiger partial charge in [-0.1, -0.05) is 140 Å². The van der Waals surface area contributed by atoms with Gasteiger partial charge < -0.3 is 13.7 Å². The van der Waals surface area contributed by atoms with Gasteiger partial charge in [-0.2, -0.15) is 0 Å². The van der Waals surface area contributed by atoms with Crippen molar-refractivity contribution in [1.82, 2.24) is 13.7 Å². The largest absolute Gasteiger partial charge is 0.309 e. The van der Waals surface area contributed by atoms with Crippen molar-refractivity contribution in [2.75, 3.05) is 0 Å². The second-order valence-corrected chi connectivity index (χ2v) is 15.3. The van der Waals surface area contributed by atoms with Crippen LogP contribution in [0, 0.1) is 0 Å². The first-order valence-electron chi connectivity index (χ1n) is 19.7. The maximum Gasteiger partial charge on any atom is 0.0788 e. The quantitative estimate of drug-likeness (QED) is 0.161. The van der Waals surface area contributed by atoms with E-state index in [0.29, 0.717) is 0 Å². The molecule has 13 rings (SSSR count). The van der Waals surface area contributed by atoms with Crippen LogP contribution < -0.4 is 0 Å². The molecule has 0 unspecified atom stereocenters. The van der Waals surface area contributed by atoms with Crippen molar-refractivity contribution in [3.05, 3.63) is 200 Å². The average molecular weight is 724 g/mol. The van der Waals surface area contributed by atoms with E-state index in [4.69, 9.17) is 0 Å². The molecule has 0 saturated heterocycles. The number of benzene rings is 10. The first-order chi connectivity index (χ1) is 28.3. The van der Waals surface area contributed by atoms with Gasteiger partial charge in [0, 0.05) is 49.4 Å². The standard InChI is InChI=1S/C54H33N3/c1-2-14-34(15-3-1)55-49-23-11-10-22-44(49)48-33-36(27-31-52(48)55)57-51-25-13-9-21-43(51)46-30-29-45-42-20-8-12-24-50(42)56(53(45)54(46)57)35-26-28-41-39-18-5-4-16-37(39)38-17-6-7-19-40(38)47(41)32-35/h1-33H. The lowest BCUT2D eigenvalue weighted by Gasteiger charge is -2.15. The lowest BCUT2D eigenvalue weighted by atomic mass is 9.94. The summed E-state index contributed by atoms with van der Waals surface area (Å²) < 4.78 is 7.43. The molecule has 264 valence electrons. The third kappa shape index (κ3) is 4.15. The molecule has 0 amide bonds. The molecule has 3 heterocycles. The Labute approximate surface area is 327 Å². The van der Waals surface area contributed by atoms with E-state index in [1.54, 1.807) is 0 Å². The summed E-state index contributed by atoms with van der Waals surface area (Å²) in [6.07, 6.45) is 0. The highest BCUT2D eigenvalue weighted by Gasteiger charge is 2.22. The maximum atomic E-state index is 2.52. The van der Waals surface area contributed by atoms with Crippen LogP contribution in [0.4, 0.5) is 0 Å². The van der Waals surface area contributed by atoms with Crippen molar-refractivity contribution in [2.45, 2.75) is 0 Å². The summed E-state index contributed by atoms with van der Waals surface area (Å²) in [6.45, 7) is 0. The number of para-hydroxylation sites is 4. The Morgan fingerprint density at radius 1 is 0.193 bits per heavy atom. The number of hydrogen-bond donors (Lipinski definition) is 0. The topological polar surface area (TPSA) is 14.8 Å². The zero-order valence-corrected chi connectivity index (χ0v) is 30.9. The van der Waals surface area contributed by atoms with Gasteiger partial charge in [0.2, 0.25) is 0 Å². The van der Waals surface area contributed by atoms with Crippen molar-refractivity contribution >= 4 is 97.7 Å². The number of aromatic nitrogens is 3. The van der Waals surface area contributed by atoms with Crippen LogP contribution in [0.3, 0.4) is 0 Å². The predicted octanol–water partition coefficient (Wildman–Crippen LogP) is 14.4. The minimum absolute atomic E-state index is 1.14. The first kappa shape index (κ1) is 30.7. The average Bonchev–Trinajstić information content (AvgIpc) is 3.92. The monoisotopic (exact) mass is 723 g/mol. The van der Waals surface area contributed by atoms with Gasteiger partial charge >= 0.3 is 0 Å². The Hall–Kier alpha value is -7.62. The predicted molar refractivity (Wildman–Crippen MR) is 242 cm³/mol. The van der Waals surface area contributed by atoms with E-state index < -0.39 is 0 Å². The molecule has 0 atom stereocenters. The Morgan fingerprint density at radius 3 is 1.09 bits per heavy atom. The molecule has 0 spiro atoms. The molecule has 0 N–H and O–H groups in total. The minimum Gasteiger partial charge on any atom is -0.309 e. The van der Waals surface area contributed by atoms with E-state index in [2.05, 4.69) is 214 Å². The summed E-state index contributed by atoms with van der Waals surface area (Å²) in [5.74, 6) is 0. The van der Waals surface area contributed by atoms with Gasteiger partial charge in [-0.3, -0.25) is 0 Å². The molecule has 0 saturated carbocycles. The fourth-order valence-electron chi connectivity index (χ4n) is 10.0. The van der Waals surface area contributed by atoms with E-state index in [0.717, 1.165) is 17.1 Å². The van der Waals surface area contributed by atoms with Gasteiger partial charge in [0.25, 0.3) is 0 Å². The molecule has 0 bridgehead atoms. The molecule has 0 aliphatic rings. The summed E-state index contributed by atoms with van der Waals surface area (Å²) in [7, 11) is 0. The van der Waals surface area contributed by atoms with E-state index in [1.165, 1.54) is 97.7 Å². The molecule has 0 aliphatic heterocycles. The van der Waals surface area contributed by atoms with Crippen LogP contribution in [-0.2, 0) is 0 Å². The second-order valence-electron chi connectivity index (χ2n) is 15.3.